The van der Waals surface area contributed by atoms with Gasteiger partial charge in [0.1, 0.15) is 19.0 Å². The van der Waals surface area contributed by atoms with Crippen LogP contribution in [0.15, 0.2) is 47.4 Å². The highest BCUT2D eigenvalue weighted by molar-refractivity contribution is 8.00. The number of methoxy groups -OCH3 is 1. The Kier molecular flexibility index (Phi) is 5.71. The minimum atomic E-state index is -0.189. The molecular weight excluding hydrogens is 338 g/mol. The van der Waals surface area contributed by atoms with Gasteiger partial charge >= 0.3 is 0 Å². The summed E-state index contributed by atoms with van der Waals surface area (Å²) in [6.45, 7) is 3.48. The molecule has 0 aromatic heterocycles. The molecule has 1 unspecified atom stereocenters. The minimum Gasteiger partial charge on any atom is -0.497 e. The van der Waals surface area contributed by atoms with Gasteiger partial charge in [-0.3, -0.25) is 4.79 Å². The number of rotatable bonds is 6. The molecule has 2 aromatic carbocycles. The van der Waals surface area contributed by atoms with Gasteiger partial charge in [0.25, 0.3) is 0 Å². The van der Waals surface area contributed by atoms with Crippen LogP contribution in [0.25, 0.3) is 0 Å². The predicted octanol–water partition coefficient (Wildman–Crippen LogP) is 3.26. The Balaban J connectivity index is 1.52. The van der Waals surface area contributed by atoms with Crippen molar-refractivity contribution < 1.29 is 19.0 Å². The first-order chi connectivity index (χ1) is 12.2. The van der Waals surface area contributed by atoms with Gasteiger partial charge in [0, 0.05) is 11.4 Å². The largest absolute Gasteiger partial charge is 0.497 e. The van der Waals surface area contributed by atoms with Crippen LogP contribution in [0.2, 0.25) is 0 Å². The van der Waals surface area contributed by atoms with Crippen molar-refractivity contribution in [1.82, 2.24) is 5.32 Å². The lowest BCUT2D eigenvalue weighted by Crippen LogP contribution is -2.30. The average Bonchev–Trinajstić information content (AvgIpc) is 2.66. The Morgan fingerprint density at radius 3 is 2.60 bits per heavy atom. The second kappa shape index (κ2) is 8.16. The molecule has 3 rings (SSSR count). The van der Waals surface area contributed by atoms with E-state index in [9.17, 15) is 4.79 Å². The highest BCUT2D eigenvalue weighted by Gasteiger charge is 2.15. The van der Waals surface area contributed by atoms with Crippen LogP contribution in [0.1, 0.15) is 12.5 Å². The Hall–Kier alpha value is -2.34. The third kappa shape index (κ3) is 4.60. The van der Waals surface area contributed by atoms with Crippen LogP contribution >= 0.6 is 11.8 Å². The second-order valence-corrected chi connectivity index (χ2v) is 7.05. The van der Waals surface area contributed by atoms with E-state index >= 15 is 0 Å². The zero-order chi connectivity index (χ0) is 17.6. The van der Waals surface area contributed by atoms with Gasteiger partial charge in [0.2, 0.25) is 5.91 Å². The van der Waals surface area contributed by atoms with Gasteiger partial charge in [0.15, 0.2) is 11.5 Å². The highest BCUT2D eigenvalue weighted by Crippen LogP contribution is 2.31. The van der Waals surface area contributed by atoms with Crippen molar-refractivity contribution in [2.45, 2.75) is 23.6 Å². The van der Waals surface area contributed by atoms with Crippen LogP contribution in [0, 0.1) is 0 Å². The molecule has 25 heavy (non-hydrogen) atoms. The third-order valence-electron chi connectivity index (χ3n) is 3.81. The number of nitrogens with one attached hydrogen (secondary N) is 1. The summed E-state index contributed by atoms with van der Waals surface area (Å²) in [6, 6.07) is 13.4. The van der Waals surface area contributed by atoms with E-state index in [0.29, 0.717) is 19.8 Å². The highest BCUT2D eigenvalue weighted by atomic mass is 32.2. The van der Waals surface area contributed by atoms with Gasteiger partial charge in [0.05, 0.1) is 12.4 Å². The summed E-state index contributed by atoms with van der Waals surface area (Å²) in [5.74, 6) is 2.29. The van der Waals surface area contributed by atoms with Crippen molar-refractivity contribution in [2.24, 2.45) is 0 Å². The molecule has 2 aromatic rings. The summed E-state index contributed by atoms with van der Waals surface area (Å²) in [5.41, 5.74) is 0.985. The van der Waals surface area contributed by atoms with Crippen LogP contribution in [0.5, 0.6) is 17.2 Å². The number of benzene rings is 2. The zero-order valence-corrected chi connectivity index (χ0v) is 15.1. The lowest BCUT2D eigenvalue weighted by Gasteiger charge is -2.19. The number of thioether (sulfide) groups is 1. The standard InChI is InChI=1S/C19H21NO4S/c1-13(25-16-6-4-15(22-2)5-7-16)19(21)20-12-14-3-8-17-18(11-14)24-10-9-23-17/h3-8,11,13H,9-10,12H2,1-2H3,(H,20,21). The average molecular weight is 359 g/mol. The topological polar surface area (TPSA) is 56.8 Å². The summed E-state index contributed by atoms with van der Waals surface area (Å²) in [6.07, 6.45) is 0. The molecule has 132 valence electrons. The minimum absolute atomic E-state index is 0.00397. The molecule has 0 saturated carbocycles. The Bertz CT molecular complexity index is 733. The smallest absolute Gasteiger partial charge is 0.233 e. The summed E-state index contributed by atoms with van der Waals surface area (Å²) >= 11 is 1.52. The number of amides is 1. The molecule has 1 aliphatic rings. The van der Waals surface area contributed by atoms with Gasteiger partial charge in [-0.2, -0.15) is 0 Å². The monoisotopic (exact) mass is 359 g/mol. The van der Waals surface area contributed by atoms with Crippen molar-refractivity contribution >= 4 is 17.7 Å². The SMILES string of the molecule is COc1ccc(SC(C)C(=O)NCc2ccc3c(c2)OCCO3)cc1. The summed E-state index contributed by atoms with van der Waals surface area (Å²) < 4.78 is 16.2. The van der Waals surface area contributed by atoms with Crippen molar-refractivity contribution in [1.29, 1.82) is 0 Å². The van der Waals surface area contributed by atoms with E-state index in [0.717, 1.165) is 27.7 Å². The van der Waals surface area contributed by atoms with Gasteiger partial charge < -0.3 is 19.5 Å². The lowest BCUT2D eigenvalue weighted by atomic mass is 10.2. The molecule has 0 aliphatic carbocycles. The lowest BCUT2D eigenvalue weighted by molar-refractivity contribution is -0.120. The number of hydrogen-bond acceptors (Lipinski definition) is 5. The van der Waals surface area contributed by atoms with E-state index in [2.05, 4.69) is 5.32 Å². The molecule has 0 bridgehead atoms. The molecule has 1 aliphatic heterocycles. The van der Waals surface area contributed by atoms with Crippen molar-refractivity contribution in [2.75, 3.05) is 20.3 Å². The fraction of sp³-hybridized carbons (Fsp3) is 0.316. The molecule has 0 spiro atoms. The molecule has 0 fully saturated rings. The van der Waals surface area contributed by atoms with Crippen molar-refractivity contribution in [3.63, 3.8) is 0 Å². The fourth-order valence-corrected chi connectivity index (χ4v) is 3.33. The maximum atomic E-state index is 12.3. The molecule has 0 saturated heterocycles. The molecule has 5 nitrogen and oxygen atoms in total. The number of fused-ring (bicyclic) bond motifs is 1. The molecule has 1 amide bonds. The van der Waals surface area contributed by atoms with Crippen LogP contribution in [-0.4, -0.2) is 31.5 Å². The maximum absolute atomic E-state index is 12.3. The first-order valence-corrected chi connectivity index (χ1v) is 9.00. The van der Waals surface area contributed by atoms with Crippen molar-refractivity contribution in [3.05, 3.63) is 48.0 Å². The van der Waals surface area contributed by atoms with Gasteiger partial charge in [-0.15, -0.1) is 11.8 Å². The van der Waals surface area contributed by atoms with E-state index in [1.165, 1.54) is 11.8 Å². The zero-order valence-electron chi connectivity index (χ0n) is 14.3. The van der Waals surface area contributed by atoms with Crippen molar-refractivity contribution in [3.8, 4) is 17.2 Å². The molecular formula is C19H21NO4S. The third-order valence-corrected chi connectivity index (χ3v) is 4.93. The first-order valence-electron chi connectivity index (χ1n) is 8.12. The molecule has 0 radical (unpaired) electrons. The molecule has 6 heteroatoms. The summed E-state index contributed by atoms with van der Waals surface area (Å²) in [4.78, 5) is 13.4. The number of carbonyl (C=O) groups excluding carboxylic acids is 1. The van der Waals surface area contributed by atoms with Gasteiger partial charge in [-0.05, 0) is 48.9 Å². The Morgan fingerprint density at radius 1 is 1.16 bits per heavy atom. The number of ether oxygens (including phenoxy) is 3. The van der Waals surface area contributed by atoms with E-state index in [1.807, 2.05) is 49.4 Å². The Labute approximate surface area is 151 Å². The number of hydrogen-bond donors (Lipinski definition) is 1. The van der Waals surface area contributed by atoms with E-state index in [1.54, 1.807) is 7.11 Å². The molecule has 1 heterocycles. The van der Waals surface area contributed by atoms with Crippen LogP contribution in [0.4, 0.5) is 0 Å². The second-order valence-electron chi connectivity index (χ2n) is 5.63. The Morgan fingerprint density at radius 2 is 1.88 bits per heavy atom. The normalized spacial score (nSPS) is 13.8. The first kappa shape index (κ1) is 17.5. The fourth-order valence-electron chi connectivity index (χ4n) is 2.44. The van der Waals surface area contributed by atoms with E-state index < -0.39 is 0 Å². The summed E-state index contributed by atoms with van der Waals surface area (Å²) in [5, 5.41) is 2.78. The van der Waals surface area contributed by atoms with Crippen LogP contribution in [-0.2, 0) is 11.3 Å². The molecule has 1 N–H and O–H groups in total. The quantitative estimate of drug-likeness (QED) is 0.803. The predicted molar refractivity (Wildman–Crippen MR) is 97.6 cm³/mol. The van der Waals surface area contributed by atoms with E-state index in [4.69, 9.17) is 14.2 Å². The van der Waals surface area contributed by atoms with Gasteiger partial charge in [-0.1, -0.05) is 6.07 Å². The summed E-state index contributed by atoms with van der Waals surface area (Å²) in [7, 11) is 1.64. The number of carbonyl (C=O) groups is 1. The van der Waals surface area contributed by atoms with Crippen LogP contribution in [0.3, 0.4) is 0 Å². The maximum Gasteiger partial charge on any atom is 0.233 e. The van der Waals surface area contributed by atoms with Crippen LogP contribution < -0.4 is 19.5 Å². The van der Waals surface area contributed by atoms with E-state index in [-0.39, 0.29) is 11.2 Å². The van der Waals surface area contributed by atoms with Gasteiger partial charge in [-0.25, -0.2) is 0 Å². The molecule has 1 atom stereocenters.